The maximum Gasteiger partial charge on any atom is 0.270 e. The van der Waals surface area contributed by atoms with Gasteiger partial charge in [-0.2, -0.15) is 0 Å². The summed E-state index contributed by atoms with van der Waals surface area (Å²) in [7, 11) is 2.01. The molecule has 0 aliphatic carbocycles. The van der Waals surface area contributed by atoms with Crippen LogP contribution in [0.4, 0.5) is 5.69 Å². The lowest BCUT2D eigenvalue weighted by molar-refractivity contribution is 0.0949. The fourth-order valence-electron chi connectivity index (χ4n) is 3.15. The third-order valence-electron chi connectivity index (χ3n) is 5.22. The predicted molar refractivity (Wildman–Crippen MR) is 130 cm³/mol. The van der Waals surface area contributed by atoms with Gasteiger partial charge in [0.25, 0.3) is 5.91 Å². The summed E-state index contributed by atoms with van der Waals surface area (Å²) in [4.78, 5) is 23.6. The number of nitrogens with one attached hydrogen (secondary N) is 1. The molecule has 3 rings (SSSR count). The molecule has 0 aliphatic heterocycles. The molecule has 0 saturated heterocycles. The number of thiazole rings is 1. The summed E-state index contributed by atoms with van der Waals surface area (Å²) in [6, 6.07) is 14.4. The fourth-order valence-corrected chi connectivity index (χ4v) is 3.94. The molecule has 0 saturated carbocycles. The van der Waals surface area contributed by atoms with Gasteiger partial charge in [0.1, 0.15) is 5.69 Å². The number of benzene rings is 2. The van der Waals surface area contributed by atoms with Crippen molar-refractivity contribution < 1.29 is 4.79 Å². The van der Waals surface area contributed by atoms with Gasteiger partial charge < -0.3 is 10.2 Å². The number of carbonyl (C=O) groups excluding carboxylic acids is 1. The summed E-state index contributed by atoms with van der Waals surface area (Å²) in [5.74, 6) is -0.115. The Morgan fingerprint density at radius 1 is 1.19 bits per heavy atom. The molecule has 0 bridgehead atoms. The van der Waals surface area contributed by atoms with E-state index >= 15 is 0 Å². The number of nitrogens with zero attached hydrogens (tertiary/aromatic N) is 3. The van der Waals surface area contributed by atoms with Crippen molar-refractivity contribution in [3.8, 4) is 0 Å². The van der Waals surface area contributed by atoms with E-state index in [1.165, 1.54) is 28.0 Å². The molecular weight excluding hydrogens is 404 g/mol. The molecule has 1 aromatic heterocycles. The highest BCUT2D eigenvalue weighted by molar-refractivity contribution is 7.09. The van der Waals surface area contributed by atoms with Crippen molar-refractivity contribution in [2.75, 3.05) is 20.1 Å². The van der Waals surface area contributed by atoms with Gasteiger partial charge in [-0.25, -0.2) is 9.98 Å². The van der Waals surface area contributed by atoms with Gasteiger partial charge in [0.15, 0.2) is 0 Å². The van der Waals surface area contributed by atoms with Crippen LogP contribution in [0.25, 0.3) is 0 Å². The first kappa shape index (κ1) is 22.7. The Morgan fingerprint density at radius 2 is 1.97 bits per heavy atom. The number of aryl methyl sites for hydroxylation is 2. The molecule has 0 unspecified atom stereocenters. The SMILES string of the molecule is CCN(C)C=Nc1cc(C)c(Cc2nc(C(=O)NCCc3ccccc3)cs2)cc1C. The van der Waals surface area contributed by atoms with Gasteiger partial charge in [-0.1, -0.05) is 36.4 Å². The van der Waals surface area contributed by atoms with Crippen molar-refractivity contribution in [2.45, 2.75) is 33.6 Å². The molecule has 0 fully saturated rings. The van der Waals surface area contributed by atoms with Crippen molar-refractivity contribution in [1.29, 1.82) is 0 Å². The van der Waals surface area contributed by atoms with Crippen LogP contribution >= 0.6 is 11.3 Å². The zero-order valence-corrected chi connectivity index (χ0v) is 19.5. The summed E-state index contributed by atoms with van der Waals surface area (Å²) in [5.41, 5.74) is 6.22. The summed E-state index contributed by atoms with van der Waals surface area (Å²) in [6.45, 7) is 7.80. The molecule has 6 heteroatoms. The quantitative estimate of drug-likeness (QED) is 0.384. The van der Waals surface area contributed by atoms with E-state index in [4.69, 9.17) is 0 Å². The van der Waals surface area contributed by atoms with Crippen molar-refractivity contribution in [3.05, 3.63) is 80.8 Å². The monoisotopic (exact) mass is 434 g/mol. The van der Waals surface area contributed by atoms with Crippen molar-refractivity contribution >= 4 is 29.3 Å². The Balaban J connectivity index is 1.60. The van der Waals surface area contributed by atoms with E-state index in [1.54, 1.807) is 0 Å². The summed E-state index contributed by atoms with van der Waals surface area (Å²) < 4.78 is 0. The third kappa shape index (κ3) is 6.49. The number of rotatable bonds is 9. The van der Waals surface area contributed by atoms with Crippen LogP contribution in [0.2, 0.25) is 0 Å². The molecular formula is C25H30N4OS. The first-order valence-electron chi connectivity index (χ1n) is 10.6. The standard InChI is InChI=1S/C25H30N4OS/c1-5-29(4)17-27-22-14-18(2)21(13-19(22)3)15-24-28-23(16-31-24)25(30)26-12-11-20-9-7-6-8-10-20/h6-10,13-14,16-17H,5,11-12,15H2,1-4H3,(H,26,30). The number of aromatic nitrogens is 1. The van der Waals surface area contributed by atoms with Gasteiger partial charge in [0, 0.05) is 31.9 Å². The van der Waals surface area contributed by atoms with E-state index in [0.717, 1.165) is 29.2 Å². The molecule has 1 heterocycles. The Labute approximate surface area is 188 Å². The molecule has 1 N–H and O–H groups in total. The highest BCUT2D eigenvalue weighted by Gasteiger charge is 2.12. The van der Waals surface area contributed by atoms with Crippen LogP contribution < -0.4 is 5.32 Å². The molecule has 162 valence electrons. The second-order valence-electron chi connectivity index (χ2n) is 7.68. The fraction of sp³-hybridized carbons (Fsp3) is 0.320. The first-order chi connectivity index (χ1) is 15.0. The minimum atomic E-state index is -0.115. The van der Waals surface area contributed by atoms with Crippen LogP contribution in [-0.4, -0.2) is 42.3 Å². The largest absolute Gasteiger partial charge is 0.366 e. The molecule has 31 heavy (non-hydrogen) atoms. The number of amides is 1. The molecule has 0 spiro atoms. The Hall–Kier alpha value is -2.99. The van der Waals surface area contributed by atoms with Crippen LogP contribution in [0.1, 0.15) is 44.7 Å². The van der Waals surface area contributed by atoms with Crippen LogP contribution in [0.15, 0.2) is 52.8 Å². The van der Waals surface area contributed by atoms with Gasteiger partial charge in [0.05, 0.1) is 17.0 Å². The summed E-state index contributed by atoms with van der Waals surface area (Å²) in [5, 5.41) is 5.75. The average Bonchev–Trinajstić information content (AvgIpc) is 3.24. The second kappa shape index (κ2) is 10.9. The van der Waals surface area contributed by atoms with E-state index in [-0.39, 0.29) is 5.91 Å². The highest BCUT2D eigenvalue weighted by Crippen LogP contribution is 2.25. The number of hydrogen-bond acceptors (Lipinski definition) is 4. The van der Waals surface area contributed by atoms with Crippen LogP contribution in [0.5, 0.6) is 0 Å². The smallest absolute Gasteiger partial charge is 0.270 e. The van der Waals surface area contributed by atoms with Crippen LogP contribution in [0.3, 0.4) is 0 Å². The minimum absolute atomic E-state index is 0.115. The van der Waals surface area contributed by atoms with Gasteiger partial charge in [-0.15, -0.1) is 11.3 Å². The van der Waals surface area contributed by atoms with Crippen LogP contribution in [0, 0.1) is 13.8 Å². The summed E-state index contributed by atoms with van der Waals surface area (Å²) >= 11 is 1.53. The van der Waals surface area contributed by atoms with Crippen molar-refractivity contribution in [3.63, 3.8) is 0 Å². The number of aliphatic imine (C=N–C) groups is 1. The Morgan fingerprint density at radius 3 is 2.71 bits per heavy atom. The van der Waals surface area contributed by atoms with E-state index in [0.29, 0.717) is 18.7 Å². The van der Waals surface area contributed by atoms with Crippen molar-refractivity contribution in [2.24, 2.45) is 4.99 Å². The lowest BCUT2D eigenvalue weighted by Crippen LogP contribution is -2.26. The van der Waals surface area contributed by atoms with E-state index in [2.05, 4.69) is 60.3 Å². The van der Waals surface area contributed by atoms with E-state index < -0.39 is 0 Å². The molecule has 3 aromatic rings. The topological polar surface area (TPSA) is 57.6 Å². The molecule has 0 aliphatic rings. The maximum atomic E-state index is 12.4. The maximum absolute atomic E-state index is 12.4. The van der Waals surface area contributed by atoms with E-state index in [9.17, 15) is 4.79 Å². The molecule has 0 atom stereocenters. The molecule has 5 nitrogen and oxygen atoms in total. The van der Waals surface area contributed by atoms with Gasteiger partial charge >= 0.3 is 0 Å². The zero-order valence-electron chi connectivity index (χ0n) is 18.7. The minimum Gasteiger partial charge on any atom is -0.366 e. The Kier molecular flexibility index (Phi) is 7.95. The van der Waals surface area contributed by atoms with Gasteiger partial charge in [0.2, 0.25) is 0 Å². The average molecular weight is 435 g/mol. The second-order valence-corrected chi connectivity index (χ2v) is 8.62. The number of carbonyl (C=O) groups is 1. The third-order valence-corrected chi connectivity index (χ3v) is 6.06. The van der Waals surface area contributed by atoms with Crippen molar-refractivity contribution in [1.82, 2.24) is 15.2 Å². The molecule has 2 aromatic carbocycles. The van der Waals surface area contributed by atoms with Crippen LogP contribution in [-0.2, 0) is 12.8 Å². The lowest BCUT2D eigenvalue weighted by atomic mass is 10.0. The van der Waals surface area contributed by atoms with E-state index in [1.807, 2.05) is 41.9 Å². The zero-order chi connectivity index (χ0) is 22.2. The van der Waals surface area contributed by atoms with Gasteiger partial charge in [-0.05, 0) is 55.5 Å². The predicted octanol–water partition coefficient (Wildman–Crippen LogP) is 4.93. The summed E-state index contributed by atoms with van der Waals surface area (Å²) in [6.07, 6.45) is 3.39. The lowest BCUT2D eigenvalue weighted by Gasteiger charge is -2.11. The molecule has 1 amide bonds. The first-order valence-corrected chi connectivity index (χ1v) is 11.4. The highest BCUT2D eigenvalue weighted by atomic mass is 32.1. The van der Waals surface area contributed by atoms with Gasteiger partial charge in [-0.3, -0.25) is 4.79 Å². The molecule has 0 radical (unpaired) electrons. The number of hydrogen-bond donors (Lipinski definition) is 1. The Bertz CT molecular complexity index is 1040. The normalized spacial score (nSPS) is 11.1.